The molecule has 0 aromatic carbocycles. The molecule has 1 aliphatic carbocycles. The maximum Gasteiger partial charge on any atom is 2.00 e. The van der Waals surface area contributed by atoms with E-state index in [1.807, 2.05) is 11.8 Å². The quantitative estimate of drug-likeness (QED) is 0.445. The molecule has 0 aromatic rings. The second-order valence-corrected chi connectivity index (χ2v) is 7.55. The van der Waals surface area contributed by atoms with Gasteiger partial charge in [0.15, 0.2) is 0 Å². The van der Waals surface area contributed by atoms with Crippen molar-refractivity contribution in [1.82, 2.24) is 0 Å². The molecule has 1 aliphatic heterocycles. The molecule has 2 rings (SSSR count). The zero-order valence-corrected chi connectivity index (χ0v) is 15.3. The van der Waals surface area contributed by atoms with Gasteiger partial charge in [-0.15, -0.1) is 11.8 Å². The van der Waals surface area contributed by atoms with Crippen LogP contribution in [0.3, 0.4) is 0 Å². The molecule has 0 bridgehead atoms. The summed E-state index contributed by atoms with van der Waals surface area (Å²) in [5, 5.41) is 0.648. The Morgan fingerprint density at radius 1 is 1.25 bits per heavy atom. The summed E-state index contributed by atoms with van der Waals surface area (Å²) in [6.45, 7) is 6.85. The Labute approximate surface area is 135 Å². The molecule has 86 valence electrons. The maximum absolute atomic E-state index is 2.50. The van der Waals surface area contributed by atoms with Gasteiger partial charge in [-0.3, -0.25) is 0 Å². The second kappa shape index (κ2) is 8.26. The van der Waals surface area contributed by atoms with Gasteiger partial charge in [0.1, 0.15) is 0 Å². The van der Waals surface area contributed by atoms with Crippen molar-refractivity contribution in [3.05, 3.63) is 34.3 Å². The normalized spacial score (nSPS) is 20.2. The molecule has 1 heterocycles. The molecular weight excluding hydrogens is 354 g/mol. The molecule has 0 nitrogen and oxygen atoms in total. The minimum Gasteiger partial charge on any atom is -1.00 e. The summed E-state index contributed by atoms with van der Waals surface area (Å²) in [6, 6.07) is 0. The van der Waals surface area contributed by atoms with Gasteiger partial charge in [0.05, 0.1) is 0 Å². The van der Waals surface area contributed by atoms with E-state index < -0.39 is 0 Å². The number of allylic oxidation sites excluding steroid dienone is 4. The van der Waals surface area contributed by atoms with Crippen LogP contribution in [0.2, 0.25) is 13.1 Å². The van der Waals surface area contributed by atoms with Crippen molar-refractivity contribution in [2.45, 2.75) is 25.3 Å². The molecule has 0 amide bonds. The van der Waals surface area contributed by atoms with E-state index in [9.17, 15) is 0 Å². The van der Waals surface area contributed by atoms with Gasteiger partial charge in [0, 0.05) is 18.6 Å². The molecule has 0 N–H and O–H groups in total. The summed E-state index contributed by atoms with van der Waals surface area (Å²) < 4.78 is 0. The van der Waals surface area contributed by atoms with Crippen molar-refractivity contribution in [2.75, 3.05) is 0 Å². The number of hydrogen-bond acceptors (Lipinski definition) is 1. The standard InChI is InChI=1S/C11H14SSi.2ClH.Zr/c1-8-4-9-6-10(7-13(2)3)12-11(9)5-8;;;/h4-7,10H,1-3H3;2*1H;/q;;;+2/p-2. The molecule has 0 saturated heterocycles. The van der Waals surface area contributed by atoms with Crippen LogP contribution in [0.25, 0.3) is 0 Å². The van der Waals surface area contributed by atoms with Gasteiger partial charge < -0.3 is 24.8 Å². The van der Waals surface area contributed by atoms with Crippen molar-refractivity contribution in [3.63, 3.8) is 0 Å². The van der Waals surface area contributed by atoms with E-state index in [1.54, 1.807) is 0 Å². The third-order valence-electron chi connectivity index (χ3n) is 2.13. The van der Waals surface area contributed by atoms with E-state index in [1.165, 1.54) is 16.1 Å². The largest absolute Gasteiger partial charge is 2.00 e. The fourth-order valence-electron chi connectivity index (χ4n) is 1.65. The fraction of sp³-hybridized carbons (Fsp3) is 0.364. The third kappa shape index (κ3) is 4.78. The van der Waals surface area contributed by atoms with E-state index in [2.05, 4.69) is 43.9 Å². The molecule has 0 radical (unpaired) electrons. The Hall–Kier alpha value is 1.12. The summed E-state index contributed by atoms with van der Waals surface area (Å²) >= 11 is 2.00. The van der Waals surface area contributed by atoms with Crippen LogP contribution in [0, 0.1) is 0 Å². The zero-order valence-electron chi connectivity index (χ0n) is 9.55. The van der Waals surface area contributed by atoms with E-state index in [0.717, 1.165) is 0 Å². The second-order valence-electron chi connectivity index (χ2n) is 3.85. The monoisotopic (exact) mass is 366 g/mol. The van der Waals surface area contributed by atoms with Crippen molar-refractivity contribution in [1.29, 1.82) is 0 Å². The predicted octanol–water partition coefficient (Wildman–Crippen LogP) is -2.98. The van der Waals surface area contributed by atoms with Crippen LogP contribution in [0.1, 0.15) is 6.92 Å². The Morgan fingerprint density at radius 2 is 1.88 bits per heavy atom. The molecule has 0 aromatic heterocycles. The molecular formula is C11H14Cl2SSiZr. The minimum absolute atomic E-state index is 0. The maximum atomic E-state index is 2.50. The molecule has 0 fully saturated rings. The first-order valence-corrected chi connectivity index (χ1v) is 8.05. The molecule has 0 spiro atoms. The molecule has 0 saturated carbocycles. The first-order chi connectivity index (χ1) is 6.15. The number of halogens is 2. The molecule has 1 unspecified atom stereocenters. The van der Waals surface area contributed by atoms with Crippen molar-refractivity contribution >= 4 is 25.8 Å². The van der Waals surface area contributed by atoms with Crippen LogP contribution in [-0.2, 0) is 26.2 Å². The van der Waals surface area contributed by atoms with Crippen LogP contribution in [0.5, 0.6) is 0 Å². The molecule has 2 aliphatic rings. The van der Waals surface area contributed by atoms with Gasteiger partial charge in [-0.05, 0) is 24.1 Å². The Morgan fingerprint density at radius 3 is 2.38 bits per heavy atom. The van der Waals surface area contributed by atoms with Gasteiger partial charge in [-0.25, -0.2) is 0 Å². The minimum atomic E-state index is -0.200. The summed E-state index contributed by atoms with van der Waals surface area (Å²) in [7, 11) is -0.200. The number of fused-ring (bicyclic) bond motifs is 1. The van der Waals surface area contributed by atoms with Crippen molar-refractivity contribution < 1.29 is 51.0 Å². The average molecular weight is 369 g/mol. The molecule has 5 heteroatoms. The van der Waals surface area contributed by atoms with Crippen LogP contribution in [-0.4, -0.2) is 19.3 Å². The van der Waals surface area contributed by atoms with E-state index in [0.29, 0.717) is 5.25 Å². The van der Waals surface area contributed by atoms with Crippen LogP contribution in [0.4, 0.5) is 0 Å². The summed E-state index contributed by atoms with van der Waals surface area (Å²) in [5.41, 5.74) is 5.35. The van der Waals surface area contributed by atoms with Crippen molar-refractivity contribution in [2.24, 2.45) is 0 Å². The van der Waals surface area contributed by atoms with Crippen molar-refractivity contribution in [3.8, 4) is 0 Å². The zero-order chi connectivity index (χ0) is 9.42. The Bertz CT molecular complexity index is 368. The van der Waals surface area contributed by atoms with Gasteiger partial charge >= 0.3 is 26.2 Å². The number of hydrogen-bond donors (Lipinski definition) is 0. The van der Waals surface area contributed by atoms with E-state index in [4.69, 9.17) is 0 Å². The summed E-state index contributed by atoms with van der Waals surface area (Å²) in [5.74, 6) is 0. The predicted molar refractivity (Wildman–Crippen MR) is 64.8 cm³/mol. The van der Waals surface area contributed by atoms with E-state index >= 15 is 0 Å². The van der Waals surface area contributed by atoms with Gasteiger partial charge in [0.2, 0.25) is 0 Å². The topological polar surface area (TPSA) is 0 Å². The third-order valence-corrected chi connectivity index (χ3v) is 4.55. The smallest absolute Gasteiger partial charge is 1.00 e. The fourth-order valence-corrected chi connectivity index (χ4v) is 4.52. The Kier molecular flexibility index (Phi) is 10.0. The van der Waals surface area contributed by atoms with Crippen LogP contribution in [0.15, 0.2) is 34.3 Å². The number of rotatable bonds is 1. The number of thioether (sulfide) groups is 1. The van der Waals surface area contributed by atoms with E-state index in [-0.39, 0.29) is 59.4 Å². The summed E-state index contributed by atoms with van der Waals surface area (Å²) in [4.78, 5) is 1.47. The average Bonchev–Trinajstić information content (AvgIpc) is 2.41. The van der Waals surface area contributed by atoms with Gasteiger partial charge in [-0.1, -0.05) is 30.9 Å². The van der Waals surface area contributed by atoms with Gasteiger partial charge in [0.25, 0.3) is 0 Å². The Balaban J connectivity index is 0. The first-order valence-electron chi connectivity index (χ1n) is 4.59. The van der Waals surface area contributed by atoms with Crippen LogP contribution < -0.4 is 24.8 Å². The first kappa shape index (κ1) is 19.5. The van der Waals surface area contributed by atoms with Gasteiger partial charge in [-0.2, -0.15) is 0 Å². The molecule has 1 atom stereocenters. The van der Waals surface area contributed by atoms with Crippen LogP contribution >= 0.6 is 11.8 Å². The summed E-state index contributed by atoms with van der Waals surface area (Å²) in [6.07, 6.45) is 6.97. The SMILES string of the molecule is CC1=CC2=CC(C=[Si](C)C)SC2=C1.[Cl-].[Cl-].[Zr+2]. The molecule has 16 heavy (non-hydrogen) atoms.